The van der Waals surface area contributed by atoms with E-state index in [4.69, 9.17) is 15.2 Å². The molecule has 1 aliphatic rings. The Hall–Kier alpha value is -2.07. The van der Waals surface area contributed by atoms with Crippen molar-refractivity contribution in [2.45, 2.75) is 25.3 Å². The molecule has 0 radical (unpaired) electrons. The molecule has 1 aromatic carbocycles. The third kappa shape index (κ3) is 3.52. The highest BCUT2D eigenvalue weighted by atomic mass is 16.5. The lowest BCUT2D eigenvalue weighted by Gasteiger charge is -2.15. The van der Waals surface area contributed by atoms with Crippen LogP contribution >= 0.6 is 0 Å². The first-order chi connectivity index (χ1) is 10.3. The number of aromatic nitrogens is 1. The van der Waals surface area contributed by atoms with Crippen LogP contribution in [0, 0.1) is 0 Å². The second-order valence-corrected chi connectivity index (χ2v) is 5.26. The number of nitrogens with zero attached hydrogens (tertiary/aromatic N) is 1. The average molecular weight is 284 g/mol. The Labute approximate surface area is 124 Å². The Balaban J connectivity index is 1.67. The summed E-state index contributed by atoms with van der Waals surface area (Å²) in [6.07, 6.45) is 6.39. The molecule has 21 heavy (non-hydrogen) atoms. The van der Waals surface area contributed by atoms with Crippen LogP contribution in [0.2, 0.25) is 0 Å². The molecule has 2 N–H and O–H groups in total. The van der Waals surface area contributed by atoms with E-state index in [1.165, 1.54) is 5.56 Å². The van der Waals surface area contributed by atoms with Crippen molar-refractivity contribution >= 4 is 0 Å². The highest BCUT2D eigenvalue weighted by Gasteiger charge is 2.14. The zero-order valence-electron chi connectivity index (χ0n) is 12.0. The SMILES string of the molecule is NC(CCc1cccnc1)c1ccc2c(c1)OCCCO2. The van der Waals surface area contributed by atoms with Gasteiger partial charge in [-0.3, -0.25) is 4.98 Å². The van der Waals surface area contributed by atoms with Crippen molar-refractivity contribution in [1.82, 2.24) is 4.98 Å². The molecule has 110 valence electrons. The molecule has 0 spiro atoms. The van der Waals surface area contributed by atoms with Crippen molar-refractivity contribution < 1.29 is 9.47 Å². The fourth-order valence-electron chi connectivity index (χ4n) is 2.45. The van der Waals surface area contributed by atoms with Gasteiger partial charge < -0.3 is 15.2 Å². The number of hydrogen-bond acceptors (Lipinski definition) is 4. The van der Waals surface area contributed by atoms with Gasteiger partial charge in [-0.2, -0.15) is 0 Å². The molecule has 0 saturated carbocycles. The zero-order valence-corrected chi connectivity index (χ0v) is 12.0. The van der Waals surface area contributed by atoms with Gasteiger partial charge in [0.2, 0.25) is 0 Å². The summed E-state index contributed by atoms with van der Waals surface area (Å²) < 4.78 is 11.3. The van der Waals surface area contributed by atoms with E-state index >= 15 is 0 Å². The monoisotopic (exact) mass is 284 g/mol. The Morgan fingerprint density at radius 1 is 1.14 bits per heavy atom. The second-order valence-electron chi connectivity index (χ2n) is 5.26. The van der Waals surface area contributed by atoms with Crippen LogP contribution in [0.4, 0.5) is 0 Å². The number of pyridine rings is 1. The number of ether oxygens (including phenoxy) is 2. The number of benzene rings is 1. The lowest BCUT2D eigenvalue weighted by atomic mass is 10.00. The summed E-state index contributed by atoms with van der Waals surface area (Å²) in [5, 5.41) is 0. The lowest BCUT2D eigenvalue weighted by molar-refractivity contribution is 0.297. The molecule has 1 atom stereocenters. The van der Waals surface area contributed by atoms with E-state index in [0.29, 0.717) is 13.2 Å². The Bertz CT molecular complexity index is 587. The maximum atomic E-state index is 6.30. The molecule has 0 saturated heterocycles. The number of rotatable bonds is 4. The minimum Gasteiger partial charge on any atom is -0.490 e. The molecule has 4 heteroatoms. The second kappa shape index (κ2) is 6.59. The highest BCUT2D eigenvalue weighted by molar-refractivity contribution is 5.44. The molecule has 1 aliphatic heterocycles. The molecule has 2 aromatic rings. The van der Waals surface area contributed by atoms with Gasteiger partial charge in [0.15, 0.2) is 11.5 Å². The van der Waals surface area contributed by atoms with Crippen molar-refractivity contribution in [3.8, 4) is 11.5 Å². The van der Waals surface area contributed by atoms with Crippen LogP contribution in [0.1, 0.15) is 30.0 Å². The van der Waals surface area contributed by atoms with Crippen LogP contribution in [0.15, 0.2) is 42.7 Å². The van der Waals surface area contributed by atoms with Crippen LogP contribution in [0.5, 0.6) is 11.5 Å². The summed E-state index contributed by atoms with van der Waals surface area (Å²) in [7, 11) is 0. The molecule has 4 nitrogen and oxygen atoms in total. The van der Waals surface area contributed by atoms with Crippen molar-refractivity contribution in [1.29, 1.82) is 0 Å². The van der Waals surface area contributed by atoms with Crippen molar-refractivity contribution in [2.24, 2.45) is 5.73 Å². The lowest BCUT2D eigenvalue weighted by Crippen LogP contribution is -2.11. The minimum atomic E-state index is -0.0117. The van der Waals surface area contributed by atoms with E-state index in [0.717, 1.165) is 36.3 Å². The predicted octanol–water partition coefficient (Wildman–Crippen LogP) is 2.88. The first kappa shape index (κ1) is 13.9. The number of aryl methyl sites for hydroxylation is 1. The average Bonchev–Trinajstić information content (AvgIpc) is 2.78. The molecular formula is C17H20N2O2. The summed E-state index contributed by atoms with van der Waals surface area (Å²) in [6.45, 7) is 1.40. The van der Waals surface area contributed by atoms with Gasteiger partial charge in [0.1, 0.15) is 0 Å². The van der Waals surface area contributed by atoms with Crippen LogP contribution in [0.3, 0.4) is 0 Å². The van der Waals surface area contributed by atoms with Crippen LogP contribution in [-0.4, -0.2) is 18.2 Å². The van der Waals surface area contributed by atoms with E-state index in [1.807, 2.05) is 30.5 Å². The van der Waals surface area contributed by atoms with Crippen molar-refractivity contribution in [3.05, 3.63) is 53.9 Å². The van der Waals surface area contributed by atoms with Gasteiger partial charge in [-0.05, 0) is 42.2 Å². The first-order valence-corrected chi connectivity index (χ1v) is 7.37. The van der Waals surface area contributed by atoms with Crippen LogP contribution < -0.4 is 15.2 Å². The van der Waals surface area contributed by atoms with E-state index in [9.17, 15) is 0 Å². The molecule has 3 rings (SSSR count). The number of fused-ring (bicyclic) bond motifs is 1. The Kier molecular flexibility index (Phi) is 4.36. The van der Waals surface area contributed by atoms with E-state index in [2.05, 4.69) is 11.1 Å². The quantitative estimate of drug-likeness (QED) is 0.938. The van der Waals surface area contributed by atoms with Crippen LogP contribution in [-0.2, 0) is 6.42 Å². The topological polar surface area (TPSA) is 57.4 Å². The Morgan fingerprint density at radius 3 is 2.81 bits per heavy atom. The van der Waals surface area contributed by atoms with Gasteiger partial charge in [-0.25, -0.2) is 0 Å². The van der Waals surface area contributed by atoms with Crippen molar-refractivity contribution in [3.63, 3.8) is 0 Å². The minimum absolute atomic E-state index is 0.0117. The molecule has 1 aromatic heterocycles. The molecule has 0 amide bonds. The van der Waals surface area contributed by atoms with E-state index < -0.39 is 0 Å². The maximum Gasteiger partial charge on any atom is 0.161 e. The molecule has 1 unspecified atom stereocenters. The summed E-state index contributed by atoms with van der Waals surface area (Å²) in [5.41, 5.74) is 8.59. The van der Waals surface area contributed by atoms with Gasteiger partial charge in [0, 0.05) is 24.9 Å². The third-order valence-electron chi connectivity index (χ3n) is 3.67. The van der Waals surface area contributed by atoms with Gasteiger partial charge >= 0.3 is 0 Å². The smallest absolute Gasteiger partial charge is 0.161 e. The molecule has 0 fully saturated rings. The zero-order chi connectivity index (χ0) is 14.5. The highest BCUT2D eigenvalue weighted by Crippen LogP contribution is 2.32. The summed E-state index contributed by atoms with van der Waals surface area (Å²) >= 11 is 0. The molecule has 0 aliphatic carbocycles. The fraction of sp³-hybridized carbons (Fsp3) is 0.353. The van der Waals surface area contributed by atoms with Crippen molar-refractivity contribution in [2.75, 3.05) is 13.2 Å². The summed E-state index contributed by atoms with van der Waals surface area (Å²) in [6, 6.07) is 10.0. The molecule has 0 bridgehead atoms. The third-order valence-corrected chi connectivity index (χ3v) is 3.67. The van der Waals surface area contributed by atoms with Crippen LogP contribution in [0.25, 0.3) is 0 Å². The van der Waals surface area contributed by atoms with Gasteiger partial charge in [-0.1, -0.05) is 12.1 Å². The summed E-state index contributed by atoms with van der Waals surface area (Å²) in [4.78, 5) is 4.13. The molecular weight excluding hydrogens is 264 g/mol. The first-order valence-electron chi connectivity index (χ1n) is 7.37. The molecule has 2 heterocycles. The Morgan fingerprint density at radius 2 is 2.00 bits per heavy atom. The van der Waals surface area contributed by atoms with Gasteiger partial charge in [0.25, 0.3) is 0 Å². The van der Waals surface area contributed by atoms with E-state index in [1.54, 1.807) is 6.20 Å². The summed E-state index contributed by atoms with van der Waals surface area (Å²) in [5.74, 6) is 1.62. The predicted molar refractivity (Wildman–Crippen MR) is 81.5 cm³/mol. The number of hydrogen-bond donors (Lipinski definition) is 1. The maximum absolute atomic E-state index is 6.30. The largest absolute Gasteiger partial charge is 0.490 e. The van der Waals surface area contributed by atoms with E-state index in [-0.39, 0.29) is 6.04 Å². The van der Waals surface area contributed by atoms with Gasteiger partial charge in [-0.15, -0.1) is 0 Å². The normalized spacial score (nSPS) is 15.3. The number of nitrogens with two attached hydrogens (primary N) is 1. The van der Waals surface area contributed by atoms with Gasteiger partial charge in [0.05, 0.1) is 13.2 Å². The fourth-order valence-corrected chi connectivity index (χ4v) is 2.45. The standard InChI is InChI=1S/C17H20N2O2/c18-15(6-4-13-3-1-8-19-12-13)14-5-7-16-17(11-14)21-10-2-9-20-16/h1,3,5,7-8,11-12,15H,2,4,6,9-10,18H2.